The van der Waals surface area contributed by atoms with Crippen molar-refractivity contribution in [1.82, 2.24) is 0 Å². The lowest BCUT2D eigenvalue weighted by molar-refractivity contribution is -0.141. The molecule has 3 aliphatic rings. The van der Waals surface area contributed by atoms with Gasteiger partial charge >= 0.3 is 5.97 Å². The van der Waals surface area contributed by atoms with Gasteiger partial charge < -0.3 is 9.47 Å². The standard InChI is InChI=1S/C9H12O3/c1-5-2-6-3-7-8(10)11-4-9(5,7)12-6/h5-7H,2-4H2,1H3/t5-,6-,7+,9+/m0/s1. The van der Waals surface area contributed by atoms with Gasteiger partial charge in [-0.1, -0.05) is 6.92 Å². The Morgan fingerprint density at radius 1 is 1.50 bits per heavy atom. The summed E-state index contributed by atoms with van der Waals surface area (Å²) in [5.41, 5.74) is -0.220. The first-order chi connectivity index (χ1) is 5.72. The fourth-order valence-electron chi connectivity index (χ4n) is 2.96. The fourth-order valence-corrected chi connectivity index (χ4v) is 2.96. The van der Waals surface area contributed by atoms with Gasteiger partial charge in [0, 0.05) is 0 Å². The predicted octanol–water partition coefficient (Wildman–Crippen LogP) is 0.727. The van der Waals surface area contributed by atoms with Gasteiger partial charge in [-0.05, 0) is 18.8 Å². The Morgan fingerprint density at radius 3 is 3.00 bits per heavy atom. The molecule has 0 saturated carbocycles. The minimum absolute atomic E-state index is 0.0379. The molecule has 0 unspecified atom stereocenters. The minimum Gasteiger partial charge on any atom is -0.462 e. The third-order valence-electron chi connectivity index (χ3n) is 3.65. The second-order valence-corrected chi connectivity index (χ2v) is 4.23. The van der Waals surface area contributed by atoms with Crippen LogP contribution in [0.3, 0.4) is 0 Å². The molecule has 3 nitrogen and oxygen atoms in total. The van der Waals surface area contributed by atoms with Crippen LogP contribution >= 0.6 is 0 Å². The van der Waals surface area contributed by atoms with Crippen LogP contribution in [0.4, 0.5) is 0 Å². The van der Waals surface area contributed by atoms with E-state index in [2.05, 4.69) is 6.92 Å². The van der Waals surface area contributed by atoms with Crippen LogP contribution in [0, 0.1) is 11.8 Å². The highest BCUT2D eigenvalue weighted by Crippen LogP contribution is 2.54. The molecule has 3 heterocycles. The van der Waals surface area contributed by atoms with E-state index in [0.29, 0.717) is 18.6 Å². The van der Waals surface area contributed by atoms with E-state index in [1.165, 1.54) is 0 Å². The summed E-state index contributed by atoms with van der Waals surface area (Å²) in [5.74, 6) is 0.503. The summed E-state index contributed by atoms with van der Waals surface area (Å²) in [6.07, 6.45) is 2.33. The lowest BCUT2D eigenvalue weighted by Gasteiger charge is -2.26. The Hall–Kier alpha value is -0.570. The van der Waals surface area contributed by atoms with Crippen molar-refractivity contribution in [1.29, 1.82) is 0 Å². The molecule has 3 rings (SSSR count). The first-order valence-electron chi connectivity index (χ1n) is 4.57. The number of hydrogen-bond donors (Lipinski definition) is 0. The molecule has 3 saturated heterocycles. The number of esters is 1. The van der Waals surface area contributed by atoms with Gasteiger partial charge in [0.2, 0.25) is 0 Å². The zero-order valence-corrected chi connectivity index (χ0v) is 7.08. The van der Waals surface area contributed by atoms with Crippen molar-refractivity contribution in [3.63, 3.8) is 0 Å². The Morgan fingerprint density at radius 2 is 2.33 bits per heavy atom. The van der Waals surface area contributed by atoms with Crippen LogP contribution < -0.4 is 0 Å². The molecular formula is C9H12O3. The maximum absolute atomic E-state index is 11.3. The lowest BCUT2D eigenvalue weighted by atomic mass is 9.74. The summed E-state index contributed by atoms with van der Waals surface area (Å²) in [6.45, 7) is 2.66. The van der Waals surface area contributed by atoms with Gasteiger partial charge in [-0.3, -0.25) is 4.79 Å². The van der Waals surface area contributed by atoms with Crippen molar-refractivity contribution >= 4 is 5.97 Å². The maximum atomic E-state index is 11.3. The average molecular weight is 168 g/mol. The normalized spacial score (nSPS) is 55.8. The number of fused-ring (bicyclic) bond motifs is 1. The lowest BCUT2D eigenvalue weighted by Crippen LogP contribution is -2.40. The number of carbonyl (C=O) groups excluding carboxylic acids is 1. The van der Waals surface area contributed by atoms with E-state index in [4.69, 9.17) is 9.47 Å². The maximum Gasteiger partial charge on any atom is 0.312 e. The van der Waals surface area contributed by atoms with Gasteiger partial charge in [0.25, 0.3) is 0 Å². The highest BCUT2D eigenvalue weighted by atomic mass is 16.6. The van der Waals surface area contributed by atoms with E-state index in [1.807, 2.05) is 0 Å². The molecule has 0 radical (unpaired) electrons. The fraction of sp³-hybridized carbons (Fsp3) is 0.889. The van der Waals surface area contributed by atoms with Crippen molar-refractivity contribution in [3.8, 4) is 0 Å². The Kier molecular flexibility index (Phi) is 1.06. The molecule has 2 bridgehead atoms. The molecule has 1 spiro atoms. The van der Waals surface area contributed by atoms with Gasteiger partial charge in [0.15, 0.2) is 0 Å². The Balaban J connectivity index is 2.04. The van der Waals surface area contributed by atoms with Crippen LogP contribution in [-0.2, 0) is 14.3 Å². The summed E-state index contributed by atoms with van der Waals surface area (Å²) < 4.78 is 10.9. The van der Waals surface area contributed by atoms with Crippen LogP contribution in [0.5, 0.6) is 0 Å². The van der Waals surface area contributed by atoms with Gasteiger partial charge in [0.05, 0.1) is 12.0 Å². The van der Waals surface area contributed by atoms with E-state index >= 15 is 0 Å². The number of carbonyl (C=O) groups is 1. The van der Waals surface area contributed by atoms with Crippen LogP contribution in [0.1, 0.15) is 19.8 Å². The number of cyclic esters (lactones) is 1. The Bertz CT molecular complexity index is 250. The Labute approximate surface area is 71.0 Å². The summed E-state index contributed by atoms with van der Waals surface area (Å²) in [7, 11) is 0. The zero-order chi connectivity index (χ0) is 8.34. The van der Waals surface area contributed by atoms with Gasteiger partial charge in [-0.2, -0.15) is 0 Å². The van der Waals surface area contributed by atoms with E-state index in [0.717, 1.165) is 12.8 Å². The highest BCUT2D eigenvalue weighted by molar-refractivity contribution is 5.77. The summed E-state index contributed by atoms with van der Waals surface area (Å²) in [6, 6.07) is 0. The van der Waals surface area contributed by atoms with Gasteiger partial charge in [-0.25, -0.2) is 0 Å². The number of rotatable bonds is 0. The highest BCUT2D eigenvalue weighted by Gasteiger charge is 2.64. The third kappa shape index (κ3) is 0.565. The summed E-state index contributed by atoms with van der Waals surface area (Å²) in [5, 5.41) is 0. The molecule has 3 aliphatic heterocycles. The van der Waals surface area contributed by atoms with Crippen LogP contribution in [0.15, 0.2) is 0 Å². The van der Waals surface area contributed by atoms with Crippen molar-refractivity contribution in [2.75, 3.05) is 6.61 Å². The second-order valence-electron chi connectivity index (χ2n) is 4.23. The molecule has 3 fully saturated rings. The molecule has 0 aliphatic carbocycles. The first-order valence-corrected chi connectivity index (χ1v) is 4.57. The molecule has 0 aromatic rings. The van der Waals surface area contributed by atoms with Crippen molar-refractivity contribution in [2.24, 2.45) is 11.8 Å². The van der Waals surface area contributed by atoms with Crippen molar-refractivity contribution in [2.45, 2.75) is 31.5 Å². The molecule has 0 aromatic carbocycles. The van der Waals surface area contributed by atoms with E-state index in [1.54, 1.807) is 0 Å². The molecule has 12 heavy (non-hydrogen) atoms. The second kappa shape index (κ2) is 1.84. The van der Waals surface area contributed by atoms with Gasteiger partial charge in [0.1, 0.15) is 12.2 Å². The monoisotopic (exact) mass is 168 g/mol. The van der Waals surface area contributed by atoms with E-state index < -0.39 is 0 Å². The van der Waals surface area contributed by atoms with Crippen molar-refractivity contribution in [3.05, 3.63) is 0 Å². The van der Waals surface area contributed by atoms with Crippen LogP contribution in [-0.4, -0.2) is 24.3 Å². The molecule has 66 valence electrons. The summed E-state index contributed by atoms with van der Waals surface area (Å²) in [4.78, 5) is 11.3. The smallest absolute Gasteiger partial charge is 0.312 e. The molecule has 3 heteroatoms. The van der Waals surface area contributed by atoms with Crippen molar-refractivity contribution < 1.29 is 14.3 Å². The zero-order valence-electron chi connectivity index (χ0n) is 7.08. The summed E-state index contributed by atoms with van der Waals surface area (Å²) >= 11 is 0. The van der Waals surface area contributed by atoms with Gasteiger partial charge in [-0.15, -0.1) is 0 Å². The van der Waals surface area contributed by atoms with E-state index in [9.17, 15) is 4.79 Å². The predicted molar refractivity (Wildman–Crippen MR) is 40.5 cm³/mol. The molecule has 4 atom stereocenters. The largest absolute Gasteiger partial charge is 0.462 e. The first kappa shape index (κ1) is 6.89. The number of ether oxygens (including phenoxy) is 2. The van der Waals surface area contributed by atoms with E-state index in [-0.39, 0.29) is 17.5 Å². The topological polar surface area (TPSA) is 35.5 Å². The van der Waals surface area contributed by atoms with Crippen LogP contribution in [0.2, 0.25) is 0 Å². The van der Waals surface area contributed by atoms with Crippen LogP contribution in [0.25, 0.3) is 0 Å². The molecular weight excluding hydrogens is 156 g/mol. The third-order valence-corrected chi connectivity index (χ3v) is 3.65. The number of hydrogen-bond acceptors (Lipinski definition) is 3. The average Bonchev–Trinajstić information content (AvgIpc) is 2.60. The molecule has 0 aromatic heterocycles. The molecule has 0 N–H and O–H groups in total. The minimum atomic E-state index is -0.220. The molecule has 0 amide bonds. The quantitative estimate of drug-likeness (QED) is 0.500. The SMILES string of the molecule is C[C@H]1C[C@H]2C[C@@H]3C(=O)OC[C@]31O2.